The first-order valence-corrected chi connectivity index (χ1v) is 34.4. The summed E-state index contributed by atoms with van der Waals surface area (Å²) in [4.78, 5) is 77.9. The van der Waals surface area contributed by atoms with Crippen molar-refractivity contribution in [3.8, 4) is 285 Å². The van der Waals surface area contributed by atoms with E-state index in [-0.39, 0.29) is 120 Å². The average molecular weight is 1590 g/mol. The number of benzene rings is 6. The van der Waals surface area contributed by atoms with E-state index >= 15 is 0 Å². The van der Waals surface area contributed by atoms with Crippen molar-refractivity contribution < 1.29 is 115 Å². The molecule has 16 nitrogen and oxygen atoms in total. The number of rotatable bonds is 19. The Kier molecular flexibility index (Phi) is 36.8. The number of ketones is 1. The van der Waals surface area contributed by atoms with E-state index in [9.17, 15) is 28.8 Å². The maximum Gasteiger partial charge on any atom is 0.410 e. The van der Waals surface area contributed by atoms with Crippen LogP contribution < -0.4 is 30.7 Å². The summed E-state index contributed by atoms with van der Waals surface area (Å²) in [6.45, 7) is 3.61. The Labute approximate surface area is 741 Å². The van der Waals surface area contributed by atoms with Crippen LogP contribution in [-0.2, 0) is 41.8 Å². The van der Waals surface area contributed by atoms with Crippen LogP contribution in [0.3, 0.4) is 0 Å². The smallest absolute Gasteiger partial charge is 0.410 e. The summed E-state index contributed by atoms with van der Waals surface area (Å²) in [5.74, 6) is 97.3. The van der Waals surface area contributed by atoms with Crippen molar-refractivity contribution in [1.29, 1.82) is 0 Å². The number of nitrogens with zero attached hydrogens (tertiary/aromatic N) is 1. The summed E-state index contributed by atoms with van der Waals surface area (Å²) in [6, 6.07) is 39.5. The van der Waals surface area contributed by atoms with Gasteiger partial charge in [0, 0.05) is 247 Å². The number of aryl methyl sites for hydroxylation is 2. The SMILES string of the molecule is C#CC#CC#CC#CC#CC#CC#CC#CC#CC#CC#COc1cc(C)cc(COC(=O)CNC(=O)c2ccc(NC)cc2)c1.C#CC#CC#CC#CC#CC#CC#CC#CC#CC#CC#COc1cc(C)cc(COC(=O)CNC(=O)c2ccc(NCC(=O)[C@@H]3CCCN3C(=O)OCC3c4ccccc4-c4ccccc43)cc2)c1.[HH].[HH].[HH].[HH].[HH].[HH].[HH].[HH].[HH].[HH].[HH].[HH].[HH].[HH].[HH].[HH].[HH].[HH].[HH].[HH].[HH].[HH].[HH].[HH].[HH].[HH].[HH].[HH].[HH].[HH].[HH].[HH].[HH].[HH].[HH].[HH].[HH].[HH].[HH].[HH].[HH].[HH].[HH].[HH]. The maximum absolute atomic E-state index is 13.3. The van der Waals surface area contributed by atoms with Crippen molar-refractivity contribution in [2.24, 2.45) is 0 Å². The molecule has 1 heterocycles. The fraction of sp³-hybridized carbons (Fsp3) is 0.140. The van der Waals surface area contributed by atoms with Crippen molar-refractivity contribution in [3.63, 3.8) is 0 Å². The van der Waals surface area contributed by atoms with Crippen LogP contribution >= 0.6 is 0 Å². The van der Waals surface area contributed by atoms with Gasteiger partial charge in [-0.15, -0.1) is 12.8 Å². The van der Waals surface area contributed by atoms with Gasteiger partial charge in [0.25, 0.3) is 11.8 Å². The van der Waals surface area contributed by atoms with E-state index in [4.69, 9.17) is 36.5 Å². The van der Waals surface area contributed by atoms with E-state index in [1.165, 1.54) is 4.90 Å². The number of fused-ring (bicyclic) bond motifs is 3. The zero-order valence-electron chi connectivity index (χ0n) is 62.3. The van der Waals surface area contributed by atoms with Crippen molar-refractivity contribution >= 4 is 47.0 Å². The van der Waals surface area contributed by atoms with Gasteiger partial charge in [-0.3, -0.25) is 28.9 Å². The number of Topliss-reactive ketones (excluding diaryl/α,β-unsaturated/α-hetero) is 1. The maximum atomic E-state index is 13.3. The summed E-state index contributed by atoms with van der Waals surface area (Å²) in [5.41, 5.74) is 9.79. The van der Waals surface area contributed by atoms with E-state index in [1.54, 1.807) is 79.8 Å². The van der Waals surface area contributed by atoms with Gasteiger partial charge < -0.3 is 45.0 Å². The van der Waals surface area contributed by atoms with Gasteiger partial charge >= 0.3 is 18.0 Å². The molecule has 1 fully saturated rings. The number of anilines is 2. The zero-order chi connectivity index (χ0) is 82.3. The van der Waals surface area contributed by atoms with Crippen LogP contribution in [-0.4, -0.2) is 86.4 Å². The molecular formula is C100H145N5O11. The Hall–Kier alpha value is -18.3. The molecule has 0 saturated carbocycles. The van der Waals surface area contributed by atoms with Crippen LogP contribution in [0.4, 0.5) is 16.2 Å². The summed E-state index contributed by atoms with van der Waals surface area (Å²) in [7, 11) is 1.78. The predicted octanol–water partition coefficient (Wildman–Crippen LogP) is 19.2. The number of carbonyl (C=O) groups excluding carboxylic acids is 6. The predicted molar refractivity (Wildman–Crippen MR) is 535 cm³/mol. The van der Waals surface area contributed by atoms with Crippen molar-refractivity contribution in [2.75, 3.05) is 50.5 Å². The molecule has 16 heteroatoms. The number of hydrogen-bond donors (Lipinski definition) is 4. The van der Waals surface area contributed by atoms with Crippen LogP contribution in [0.1, 0.15) is 136 Å². The molecule has 1 saturated heterocycles. The minimum absolute atomic E-state index is 0. The van der Waals surface area contributed by atoms with Gasteiger partial charge in [0.15, 0.2) is 5.78 Å². The summed E-state index contributed by atoms with van der Waals surface area (Å²) in [5, 5.41) is 11.2. The molecule has 1 atom stereocenters. The second-order valence-electron chi connectivity index (χ2n) is 22.8. The molecule has 116 heavy (non-hydrogen) atoms. The van der Waals surface area contributed by atoms with E-state index in [0.717, 1.165) is 39.1 Å². The number of likely N-dealkylation sites (tertiary alicyclic amines) is 1. The topological polar surface area (TPSA) is 200 Å². The number of ether oxygens (including phenoxy) is 5. The van der Waals surface area contributed by atoms with E-state index in [1.807, 2.05) is 50.2 Å². The molecule has 0 radical (unpaired) electrons. The van der Waals surface area contributed by atoms with E-state index in [0.29, 0.717) is 58.8 Å². The normalized spacial score (nSPS) is 9.84. The Morgan fingerprint density at radius 2 is 0.776 bits per heavy atom. The van der Waals surface area contributed by atoms with E-state index < -0.39 is 30.0 Å². The number of carbonyl (C=O) groups is 6. The average Bonchev–Trinajstić information content (AvgIpc) is 1.61. The molecule has 6 aromatic rings. The van der Waals surface area contributed by atoms with Crippen LogP contribution in [0.2, 0.25) is 0 Å². The van der Waals surface area contributed by atoms with Crippen LogP contribution in [0.25, 0.3) is 11.1 Å². The molecule has 0 bridgehead atoms. The van der Waals surface area contributed by atoms with Gasteiger partial charge in [0.2, 0.25) is 0 Å². The lowest BCUT2D eigenvalue weighted by Gasteiger charge is -2.24. The van der Waals surface area contributed by atoms with Crippen molar-refractivity contribution in [3.05, 3.63) is 178 Å². The molecular weight excluding hydrogens is 1450 g/mol. The highest BCUT2D eigenvalue weighted by Gasteiger charge is 2.36. The first kappa shape index (κ1) is 84.9. The van der Waals surface area contributed by atoms with Crippen LogP contribution in [0.5, 0.6) is 11.5 Å². The molecule has 0 aromatic heterocycles. The van der Waals surface area contributed by atoms with Gasteiger partial charge in [0.1, 0.15) is 56.6 Å². The molecule has 1 aliphatic heterocycles. The van der Waals surface area contributed by atoms with Gasteiger partial charge in [-0.2, -0.15) is 0 Å². The fourth-order valence-electron chi connectivity index (χ4n) is 10.1. The highest BCUT2D eigenvalue weighted by Crippen LogP contribution is 2.44. The first-order chi connectivity index (χ1) is 56.8. The molecule has 1 aliphatic carbocycles. The molecule has 636 valence electrons. The third-order valence-electron chi connectivity index (χ3n) is 14.9. The van der Waals surface area contributed by atoms with Crippen LogP contribution in [0.15, 0.2) is 133 Å². The van der Waals surface area contributed by atoms with E-state index in [2.05, 4.69) is 295 Å². The third-order valence-corrected chi connectivity index (χ3v) is 14.9. The molecule has 3 amide bonds. The molecule has 0 unspecified atom stereocenters. The first-order valence-electron chi connectivity index (χ1n) is 34.4. The molecule has 8 rings (SSSR count). The quantitative estimate of drug-likeness (QED) is 0.0339. The minimum atomic E-state index is -0.644. The minimum Gasteiger partial charge on any atom is -0.460 e. The number of esters is 2. The number of hydrogen-bond acceptors (Lipinski definition) is 13. The monoisotopic (exact) mass is 1590 g/mol. The largest absolute Gasteiger partial charge is 0.460 e. The molecule has 0 spiro atoms. The number of terminal acetylenes is 2. The fourth-order valence-corrected chi connectivity index (χ4v) is 10.1. The van der Waals surface area contributed by atoms with Gasteiger partial charge in [0.05, 0.1) is 12.6 Å². The summed E-state index contributed by atoms with van der Waals surface area (Å²) in [6.07, 6.45) is 15.6. The number of nitrogens with one attached hydrogen (secondary N) is 4. The summed E-state index contributed by atoms with van der Waals surface area (Å²) >= 11 is 0. The second-order valence-corrected chi connectivity index (χ2v) is 22.8. The highest BCUT2D eigenvalue weighted by molar-refractivity contribution is 5.97. The molecule has 4 N–H and O–H groups in total. The Morgan fingerprint density at radius 1 is 0.422 bits per heavy atom. The van der Waals surface area contributed by atoms with Gasteiger partial charge in [-0.25, -0.2) is 4.79 Å². The highest BCUT2D eigenvalue weighted by atomic mass is 16.6. The molecule has 6 aromatic carbocycles. The molecule has 2 aliphatic rings. The van der Waals surface area contributed by atoms with Crippen molar-refractivity contribution in [2.45, 2.75) is 51.9 Å². The van der Waals surface area contributed by atoms with Gasteiger partial charge in [-0.1, -0.05) is 60.7 Å². The lowest BCUT2D eigenvalue weighted by Crippen LogP contribution is -2.43. The van der Waals surface area contributed by atoms with Crippen molar-refractivity contribution in [1.82, 2.24) is 15.5 Å². The standard InChI is InChI=1S/C60H37N3O7.C40H20N2O4.44H2/c1-3-4-5-6-7-8-9-10-11-12-13-14-15-16-17-18-19-20-21-26-38-68-50-40-46(2)39-47(41-50)44-69-58(65)43-62-59(66)48-33-35-49(36-34-48)61-42-57(64)56-32-27-37-63(56)60(67)70-45-55-53-30-24-22-28-51(53)52-29-23-25-31-54(52)55;1-4-5-6-7-8-9-10-11-12-13-14-15-16-17-18-19-20-21-22-23-28-45-38-30-34(2)29-35(31-38)33-46-39(43)32-42-40(44)36-24-26-37(41-3)27-25-36;;;;;;;;;;;;;;;;;;;;;;;;;;;;;;;;;;;;;;;;;;;;/h1,22-25,28-31,33-36,39-41,55-56,61H,27,32,37,42-45H2,2H3,(H,62,66);1,24-27,29-31,41H,32-33H2,2-3H3,(H,42,44);44*1H/t56-;;;;;;;;;;;;;;;;;;;;;;;;;;;;;;;;;;;;;;;;;;;;;/m0............................................./s1. The Morgan fingerprint density at radius 3 is 1.15 bits per heavy atom. The lowest BCUT2D eigenvalue weighted by molar-refractivity contribution is -0.144. The lowest BCUT2D eigenvalue weighted by atomic mass is 9.98. The number of amides is 3. The Bertz CT molecular complexity index is 6450. The van der Waals surface area contributed by atoms with Crippen LogP contribution in [0, 0.1) is 276 Å². The van der Waals surface area contributed by atoms with Gasteiger partial charge in [-0.05, 0) is 239 Å². The Balaban J connectivity index is -0.0000000422. The third kappa shape index (κ3) is 32.0. The summed E-state index contributed by atoms with van der Waals surface area (Å²) < 4.78 is 27.4. The second kappa shape index (κ2) is 50.3. The zero-order valence-corrected chi connectivity index (χ0v) is 62.3.